The summed E-state index contributed by atoms with van der Waals surface area (Å²) in [6, 6.07) is 8.53. The molecule has 2 rings (SSSR count). The van der Waals surface area contributed by atoms with Gasteiger partial charge in [0.1, 0.15) is 11.4 Å². The minimum Gasteiger partial charge on any atom is -0.508 e. The highest BCUT2D eigenvalue weighted by molar-refractivity contribution is 5.92. The van der Waals surface area contributed by atoms with Crippen molar-refractivity contribution in [3.63, 3.8) is 0 Å². The fourth-order valence-corrected chi connectivity index (χ4v) is 1.76. The lowest BCUT2D eigenvalue weighted by molar-refractivity contribution is 0.0941. The number of rotatable bonds is 3. The number of hydrogen-bond donors (Lipinski definition) is 2. The molecule has 0 saturated carbocycles. The van der Waals surface area contributed by atoms with Crippen molar-refractivity contribution in [1.82, 2.24) is 15.1 Å². The first-order valence-electron chi connectivity index (χ1n) is 5.63. The molecule has 0 atom stereocenters. The van der Waals surface area contributed by atoms with Crippen LogP contribution in [0.4, 0.5) is 0 Å². The van der Waals surface area contributed by atoms with Gasteiger partial charge in [0, 0.05) is 13.6 Å². The van der Waals surface area contributed by atoms with Gasteiger partial charge in [0.15, 0.2) is 0 Å². The van der Waals surface area contributed by atoms with Crippen LogP contribution in [0.15, 0.2) is 30.3 Å². The van der Waals surface area contributed by atoms with Gasteiger partial charge in [0.05, 0.1) is 5.69 Å². The largest absolute Gasteiger partial charge is 0.508 e. The van der Waals surface area contributed by atoms with Crippen molar-refractivity contribution in [3.05, 3.63) is 47.3 Å². The summed E-state index contributed by atoms with van der Waals surface area (Å²) >= 11 is 0. The van der Waals surface area contributed by atoms with Crippen LogP contribution in [0.2, 0.25) is 0 Å². The number of carbonyl (C=O) groups excluding carboxylic acids is 1. The molecule has 1 aromatic heterocycles. The Morgan fingerprint density at radius 1 is 1.44 bits per heavy atom. The van der Waals surface area contributed by atoms with E-state index >= 15 is 0 Å². The molecule has 0 aliphatic carbocycles. The molecule has 2 N–H and O–H groups in total. The maximum atomic E-state index is 11.9. The number of phenols is 1. The third-order valence-electron chi connectivity index (χ3n) is 2.60. The zero-order valence-corrected chi connectivity index (χ0v) is 10.3. The minimum absolute atomic E-state index is 0.179. The maximum Gasteiger partial charge on any atom is 0.269 e. The molecule has 5 heteroatoms. The first kappa shape index (κ1) is 12.2. The Morgan fingerprint density at radius 2 is 2.22 bits per heavy atom. The van der Waals surface area contributed by atoms with Crippen LogP contribution in [0, 0.1) is 6.92 Å². The number of aromatic nitrogens is 2. The third-order valence-corrected chi connectivity index (χ3v) is 2.60. The van der Waals surface area contributed by atoms with Crippen LogP contribution in [-0.2, 0) is 13.6 Å². The van der Waals surface area contributed by atoms with Gasteiger partial charge in [0.25, 0.3) is 5.91 Å². The molecule has 5 nitrogen and oxygen atoms in total. The van der Waals surface area contributed by atoms with Crippen LogP contribution >= 0.6 is 0 Å². The second-order valence-corrected chi connectivity index (χ2v) is 4.15. The van der Waals surface area contributed by atoms with Crippen LogP contribution in [0.25, 0.3) is 0 Å². The fraction of sp³-hybridized carbons (Fsp3) is 0.231. The van der Waals surface area contributed by atoms with Gasteiger partial charge in [-0.2, -0.15) is 5.10 Å². The molecular formula is C13H15N3O2. The molecule has 94 valence electrons. The van der Waals surface area contributed by atoms with Crippen molar-refractivity contribution in [2.75, 3.05) is 0 Å². The molecule has 0 spiro atoms. The Morgan fingerprint density at radius 3 is 2.83 bits per heavy atom. The smallest absolute Gasteiger partial charge is 0.269 e. The van der Waals surface area contributed by atoms with Gasteiger partial charge in [-0.1, -0.05) is 12.1 Å². The maximum absolute atomic E-state index is 11.9. The summed E-state index contributed by atoms with van der Waals surface area (Å²) in [4.78, 5) is 11.9. The normalized spacial score (nSPS) is 10.3. The molecule has 1 heterocycles. The average molecular weight is 245 g/mol. The van der Waals surface area contributed by atoms with Crippen molar-refractivity contribution < 1.29 is 9.90 Å². The van der Waals surface area contributed by atoms with E-state index in [0.717, 1.165) is 11.3 Å². The lowest BCUT2D eigenvalue weighted by atomic mass is 10.2. The predicted molar refractivity (Wildman–Crippen MR) is 67.2 cm³/mol. The number of nitrogens with zero attached hydrogens (tertiary/aromatic N) is 2. The molecule has 0 aliphatic rings. The topological polar surface area (TPSA) is 67.2 Å². The van der Waals surface area contributed by atoms with E-state index < -0.39 is 0 Å². The van der Waals surface area contributed by atoms with Crippen LogP contribution in [-0.4, -0.2) is 20.8 Å². The number of phenolic OH excluding ortho intramolecular Hbond substituents is 1. The Kier molecular flexibility index (Phi) is 3.32. The number of carbonyl (C=O) groups is 1. The van der Waals surface area contributed by atoms with E-state index in [1.54, 1.807) is 36.0 Å². The van der Waals surface area contributed by atoms with E-state index in [1.807, 2.05) is 13.0 Å². The Labute approximate surface area is 105 Å². The number of aryl methyl sites for hydroxylation is 2. The zero-order chi connectivity index (χ0) is 13.1. The predicted octanol–water partition coefficient (Wildman–Crippen LogP) is 1.36. The summed E-state index contributed by atoms with van der Waals surface area (Å²) in [5.41, 5.74) is 2.18. The van der Waals surface area contributed by atoms with E-state index in [4.69, 9.17) is 0 Å². The monoisotopic (exact) mass is 245 g/mol. The third kappa shape index (κ3) is 2.68. The van der Waals surface area contributed by atoms with Crippen molar-refractivity contribution in [3.8, 4) is 5.75 Å². The summed E-state index contributed by atoms with van der Waals surface area (Å²) in [5, 5.41) is 16.2. The standard InChI is InChI=1S/C13H15N3O2/c1-9-6-12(16(2)15-9)13(18)14-8-10-4-3-5-11(17)7-10/h3-7,17H,8H2,1-2H3,(H,14,18). The first-order valence-corrected chi connectivity index (χ1v) is 5.63. The first-order chi connectivity index (χ1) is 8.56. The molecular weight excluding hydrogens is 230 g/mol. The van der Waals surface area contributed by atoms with Crippen molar-refractivity contribution in [2.24, 2.45) is 7.05 Å². The molecule has 0 aliphatic heterocycles. The van der Waals surface area contributed by atoms with Crippen LogP contribution in [0.3, 0.4) is 0 Å². The molecule has 1 aromatic carbocycles. The van der Waals surface area contributed by atoms with E-state index in [1.165, 1.54) is 0 Å². The van der Waals surface area contributed by atoms with Gasteiger partial charge in [-0.3, -0.25) is 9.48 Å². The highest BCUT2D eigenvalue weighted by Crippen LogP contribution is 2.10. The van der Waals surface area contributed by atoms with E-state index in [9.17, 15) is 9.90 Å². The molecule has 18 heavy (non-hydrogen) atoms. The summed E-state index contributed by atoms with van der Waals surface area (Å²) in [6.07, 6.45) is 0. The zero-order valence-electron chi connectivity index (χ0n) is 10.3. The van der Waals surface area contributed by atoms with Gasteiger partial charge < -0.3 is 10.4 Å². The van der Waals surface area contributed by atoms with Gasteiger partial charge in [-0.25, -0.2) is 0 Å². The molecule has 0 fully saturated rings. The Hall–Kier alpha value is -2.30. The average Bonchev–Trinajstić information content (AvgIpc) is 2.66. The fourth-order valence-electron chi connectivity index (χ4n) is 1.76. The van der Waals surface area contributed by atoms with Gasteiger partial charge in [-0.05, 0) is 30.7 Å². The minimum atomic E-state index is -0.179. The second kappa shape index (κ2) is 4.91. The van der Waals surface area contributed by atoms with Gasteiger partial charge in [-0.15, -0.1) is 0 Å². The van der Waals surface area contributed by atoms with Crippen LogP contribution < -0.4 is 5.32 Å². The molecule has 0 saturated heterocycles. The summed E-state index contributed by atoms with van der Waals surface area (Å²) in [5.74, 6) is 0.0135. The highest BCUT2D eigenvalue weighted by atomic mass is 16.3. The molecule has 2 aromatic rings. The SMILES string of the molecule is Cc1cc(C(=O)NCc2cccc(O)c2)n(C)n1. The molecule has 1 amide bonds. The van der Waals surface area contributed by atoms with Crippen LogP contribution in [0.1, 0.15) is 21.7 Å². The lowest BCUT2D eigenvalue weighted by Crippen LogP contribution is -2.25. The van der Waals surface area contributed by atoms with Gasteiger partial charge >= 0.3 is 0 Å². The Balaban J connectivity index is 2.03. The number of nitrogens with one attached hydrogen (secondary N) is 1. The number of benzene rings is 1. The molecule has 0 bridgehead atoms. The number of hydrogen-bond acceptors (Lipinski definition) is 3. The molecule has 0 radical (unpaired) electrons. The van der Waals surface area contributed by atoms with Crippen molar-refractivity contribution in [2.45, 2.75) is 13.5 Å². The van der Waals surface area contributed by atoms with Crippen LogP contribution in [0.5, 0.6) is 5.75 Å². The van der Waals surface area contributed by atoms with Crippen molar-refractivity contribution in [1.29, 1.82) is 0 Å². The van der Waals surface area contributed by atoms with E-state index in [2.05, 4.69) is 10.4 Å². The lowest BCUT2D eigenvalue weighted by Gasteiger charge is -2.05. The number of aromatic hydroxyl groups is 1. The van der Waals surface area contributed by atoms with E-state index in [-0.39, 0.29) is 11.7 Å². The Bertz CT molecular complexity index is 575. The second-order valence-electron chi connectivity index (χ2n) is 4.15. The summed E-state index contributed by atoms with van der Waals surface area (Å²) in [7, 11) is 1.73. The van der Waals surface area contributed by atoms with E-state index in [0.29, 0.717) is 12.2 Å². The number of amides is 1. The van der Waals surface area contributed by atoms with Crippen molar-refractivity contribution >= 4 is 5.91 Å². The summed E-state index contributed by atoms with van der Waals surface area (Å²) < 4.78 is 1.55. The van der Waals surface area contributed by atoms with Gasteiger partial charge in [0.2, 0.25) is 0 Å². The summed E-state index contributed by atoms with van der Waals surface area (Å²) in [6.45, 7) is 2.21. The highest BCUT2D eigenvalue weighted by Gasteiger charge is 2.11. The quantitative estimate of drug-likeness (QED) is 0.858. The molecule has 0 unspecified atom stereocenters.